The lowest BCUT2D eigenvalue weighted by molar-refractivity contribution is -0.117. The molecule has 1 fully saturated rings. The van der Waals surface area contributed by atoms with E-state index >= 15 is 0 Å². The topological polar surface area (TPSA) is 47.4 Å². The molecule has 2 heterocycles. The average Bonchev–Trinajstić information content (AvgIpc) is 3.35. The SMILES string of the molecule is Cc1cccc(OCCn2c([C@H]3CC(=O)N(c4ccccc4Cl)C3)nc3ccccc32)c1. The summed E-state index contributed by atoms with van der Waals surface area (Å²) in [5.41, 5.74) is 3.91. The van der Waals surface area contributed by atoms with Gasteiger partial charge in [0.15, 0.2) is 0 Å². The Morgan fingerprint density at radius 2 is 1.88 bits per heavy atom. The van der Waals surface area contributed by atoms with Gasteiger partial charge >= 0.3 is 0 Å². The van der Waals surface area contributed by atoms with Gasteiger partial charge in [-0.05, 0) is 48.9 Å². The number of para-hydroxylation sites is 3. The molecule has 32 heavy (non-hydrogen) atoms. The van der Waals surface area contributed by atoms with Crippen LogP contribution in [0, 0.1) is 6.92 Å². The van der Waals surface area contributed by atoms with Crippen molar-refractivity contribution in [2.45, 2.75) is 25.8 Å². The van der Waals surface area contributed by atoms with Crippen LogP contribution in [-0.4, -0.2) is 28.6 Å². The largest absolute Gasteiger partial charge is 0.492 e. The molecule has 1 atom stereocenters. The van der Waals surface area contributed by atoms with Gasteiger partial charge in [0.25, 0.3) is 0 Å². The van der Waals surface area contributed by atoms with Crippen molar-refractivity contribution in [3.63, 3.8) is 0 Å². The summed E-state index contributed by atoms with van der Waals surface area (Å²) >= 11 is 6.37. The van der Waals surface area contributed by atoms with Gasteiger partial charge in [-0.15, -0.1) is 0 Å². The van der Waals surface area contributed by atoms with Crippen LogP contribution in [0.15, 0.2) is 72.8 Å². The number of rotatable bonds is 6. The molecule has 1 aromatic heterocycles. The van der Waals surface area contributed by atoms with Crippen LogP contribution < -0.4 is 9.64 Å². The van der Waals surface area contributed by atoms with Crippen molar-refractivity contribution in [1.29, 1.82) is 0 Å². The van der Waals surface area contributed by atoms with E-state index in [1.54, 1.807) is 4.90 Å². The molecule has 1 amide bonds. The van der Waals surface area contributed by atoms with Crippen LogP contribution in [0.5, 0.6) is 5.75 Å². The molecule has 6 heteroatoms. The molecule has 0 radical (unpaired) electrons. The van der Waals surface area contributed by atoms with Gasteiger partial charge < -0.3 is 14.2 Å². The van der Waals surface area contributed by atoms with Gasteiger partial charge in [0, 0.05) is 18.9 Å². The predicted octanol–water partition coefficient (Wildman–Crippen LogP) is 5.60. The van der Waals surface area contributed by atoms with Gasteiger partial charge in [-0.2, -0.15) is 0 Å². The highest BCUT2D eigenvalue weighted by molar-refractivity contribution is 6.33. The molecule has 0 bridgehead atoms. The quantitative estimate of drug-likeness (QED) is 0.388. The second-order valence-electron chi connectivity index (χ2n) is 8.13. The van der Waals surface area contributed by atoms with Crippen LogP contribution >= 0.6 is 11.6 Å². The van der Waals surface area contributed by atoms with Gasteiger partial charge in [-0.25, -0.2) is 4.98 Å². The zero-order chi connectivity index (χ0) is 22.1. The number of ether oxygens (including phenoxy) is 1. The van der Waals surface area contributed by atoms with Gasteiger partial charge in [0.1, 0.15) is 18.2 Å². The minimum Gasteiger partial charge on any atom is -0.492 e. The van der Waals surface area contributed by atoms with Crippen LogP contribution in [0.4, 0.5) is 5.69 Å². The third-order valence-corrected chi connectivity index (χ3v) is 6.21. The maximum Gasteiger partial charge on any atom is 0.227 e. The summed E-state index contributed by atoms with van der Waals surface area (Å²) in [6.07, 6.45) is 0.410. The molecule has 1 aliphatic rings. The highest BCUT2D eigenvalue weighted by atomic mass is 35.5. The summed E-state index contributed by atoms with van der Waals surface area (Å²) in [6, 6.07) is 23.6. The first-order chi connectivity index (χ1) is 15.6. The fraction of sp³-hybridized carbons (Fsp3) is 0.231. The Kier molecular flexibility index (Phi) is 5.58. The third-order valence-electron chi connectivity index (χ3n) is 5.89. The van der Waals surface area contributed by atoms with Crippen LogP contribution in [0.25, 0.3) is 11.0 Å². The molecule has 3 aromatic carbocycles. The molecule has 1 aliphatic heterocycles. The average molecular weight is 446 g/mol. The van der Waals surface area contributed by atoms with E-state index < -0.39 is 0 Å². The van der Waals surface area contributed by atoms with E-state index in [0.717, 1.165) is 28.3 Å². The predicted molar refractivity (Wildman–Crippen MR) is 128 cm³/mol. The number of hydrogen-bond acceptors (Lipinski definition) is 3. The standard InChI is InChI=1S/C26H24ClN3O2/c1-18-7-6-8-20(15-18)32-14-13-29-24-12-5-3-10-22(24)28-26(29)19-16-25(31)30(17-19)23-11-4-2-9-21(23)27/h2-12,15,19H,13-14,16-17H2,1H3/t19-/m0/s1. The van der Waals surface area contributed by atoms with Gasteiger partial charge in [0.2, 0.25) is 5.91 Å². The molecule has 5 rings (SSSR count). The molecule has 0 saturated carbocycles. The number of aryl methyl sites for hydroxylation is 1. The van der Waals surface area contributed by atoms with Crippen LogP contribution in [0.1, 0.15) is 23.7 Å². The van der Waals surface area contributed by atoms with Crippen molar-refractivity contribution in [1.82, 2.24) is 9.55 Å². The maximum atomic E-state index is 12.9. The molecular weight excluding hydrogens is 422 g/mol. The minimum atomic E-state index is -0.00913. The van der Waals surface area contributed by atoms with E-state index in [1.165, 1.54) is 5.56 Å². The van der Waals surface area contributed by atoms with Crippen LogP contribution in [-0.2, 0) is 11.3 Å². The van der Waals surface area contributed by atoms with E-state index in [-0.39, 0.29) is 11.8 Å². The van der Waals surface area contributed by atoms with Crippen LogP contribution in [0.3, 0.4) is 0 Å². The molecule has 4 aromatic rings. The molecule has 0 N–H and O–H groups in total. The molecule has 1 saturated heterocycles. The van der Waals surface area contributed by atoms with E-state index in [4.69, 9.17) is 21.3 Å². The van der Waals surface area contributed by atoms with Crippen molar-refractivity contribution >= 4 is 34.2 Å². The Morgan fingerprint density at radius 3 is 2.72 bits per heavy atom. The lowest BCUT2D eigenvalue weighted by atomic mass is 10.1. The highest BCUT2D eigenvalue weighted by Crippen LogP contribution is 2.36. The maximum absolute atomic E-state index is 12.9. The van der Waals surface area contributed by atoms with E-state index in [2.05, 4.69) is 23.6 Å². The first kappa shape index (κ1) is 20.6. The Bertz CT molecular complexity index is 1280. The summed E-state index contributed by atoms with van der Waals surface area (Å²) in [4.78, 5) is 19.6. The minimum absolute atomic E-state index is 0.00913. The molecule has 0 unspecified atom stereocenters. The summed E-state index contributed by atoms with van der Waals surface area (Å²) in [7, 11) is 0. The Morgan fingerprint density at radius 1 is 1.06 bits per heavy atom. The lowest BCUT2D eigenvalue weighted by Crippen LogP contribution is -2.25. The normalized spacial score (nSPS) is 16.1. The van der Waals surface area contributed by atoms with E-state index in [0.29, 0.717) is 31.1 Å². The molecule has 5 nitrogen and oxygen atoms in total. The summed E-state index contributed by atoms with van der Waals surface area (Å²) < 4.78 is 8.20. The van der Waals surface area contributed by atoms with Crippen LogP contribution in [0.2, 0.25) is 5.02 Å². The smallest absolute Gasteiger partial charge is 0.227 e. The van der Waals surface area contributed by atoms with Crippen molar-refractivity contribution < 1.29 is 9.53 Å². The van der Waals surface area contributed by atoms with E-state index in [9.17, 15) is 4.79 Å². The van der Waals surface area contributed by atoms with Crippen molar-refractivity contribution in [3.05, 3.63) is 89.2 Å². The highest BCUT2D eigenvalue weighted by Gasteiger charge is 2.35. The van der Waals surface area contributed by atoms with Gasteiger partial charge in [-0.3, -0.25) is 4.79 Å². The summed E-state index contributed by atoms with van der Waals surface area (Å²) in [5.74, 6) is 1.83. The fourth-order valence-corrected chi connectivity index (χ4v) is 4.62. The number of fused-ring (bicyclic) bond motifs is 1. The number of nitrogens with zero attached hydrogens (tertiary/aromatic N) is 3. The van der Waals surface area contributed by atoms with Crippen molar-refractivity contribution in [3.8, 4) is 5.75 Å². The van der Waals surface area contributed by atoms with Gasteiger partial charge in [-0.1, -0.05) is 48.0 Å². The number of aromatic nitrogens is 2. The number of halogens is 1. The Labute approximate surface area is 192 Å². The Balaban J connectivity index is 1.41. The monoisotopic (exact) mass is 445 g/mol. The fourth-order valence-electron chi connectivity index (χ4n) is 4.38. The van der Waals surface area contributed by atoms with Crippen molar-refractivity contribution in [2.24, 2.45) is 0 Å². The number of imidazole rings is 1. The number of hydrogen-bond donors (Lipinski definition) is 0. The molecule has 0 spiro atoms. The van der Waals surface area contributed by atoms with Gasteiger partial charge in [0.05, 0.1) is 28.3 Å². The summed E-state index contributed by atoms with van der Waals surface area (Å²) in [6.45, 7) is 3.78. The summed E-state index contributed by atoms with van der Waals surface area (Å²) in [5, 5.41) is 0.585. The number of benzene rings is 3. The zero-order valence-electron chi connectivity index (χ0n) is 17.9. The Hall–Kier alpha value is -3.31. The molecular formula is C26H24ClN3O2. The lowest BCUT2D eigenvalue weighted by Gasteiger charge is -2.18. The second kappa shape index (κ2) is 8.67. The number of carbonyl (C=O) groups is 1. The second-order valence-corrected chi connectivity index (χ2v) is 8.54. The first-order valence-corrected chi connectivity index (χ1v) is 11.2. The zero-order valence-corrected chi connectivity index (χ0v) is 18.6. The molecule has 162 valence electrons. The van der Waals surface area contributed by atoms with Crippen molar-refractivity contribution in [2.75, 3.05) is 18.1 Å². The number of carbonyl (C=O) groups excluding carboxylic acids is 1. The third kappa shape index (κ3) is 3.96. The molecule has 0 aliphatic carbocycles. The number of amides is 1. The number of anilines is 1. The van der Waals surface area contributed by atoms with E-state index in [1.807, 2.05) is 60.7 Å². The first-order valence-electron chi connectivity index (χ1n) is 10.8.